The van der Waals surface area contributed by atoms with Gasteiger partial charge in [0.15, 0.2) is 11.5 Å². The summed E-state index contributed by atoms with van der Waals surface area (Å²) in [6.45, 7) is 4.30. The van der Waals surface area contributed by atoms with Gasteiger partial charge in [-0.25, -0.2) is 14.4 Å². The quantitative estimate of drug-likeness (QED) is 0.528. The molecular weight excluding hydrogens is 397 g/mol. The number of anilines is 1. The van der Waals surface area contributed by atoms with Crippen LogP contribution in [0.1, 0.15) is 49.8 Å². The van der Waals surface area contributed by atoms with E-state index in [1.165, 1.54) is 35.0 Å². The van der Waals surface area contributed by atoms with Crippen LogP contribution < -0.4 is 10.5 Å². The van der Waals surface area contributed by atoms with E-state index in [9.17, 15) is 4.39 Å². The van der Waals surface area contributed by atoms with E-state index in [0.717, 1.165) is 32.1 Å². The van der Waals surface area contributed by atoms with Gasteiger partial charge < -0.3 is 10.5 Å². The monoisotopic (exact) mass is 423 g/mol. The average molecular weight is 423 g/mol. The van der Waals surface area contributed by atoms with Gasteiger partial charge in [0.05, 0.1) is 18.2 Å². The molecule has 2 N–H and O–H groups in total. The minimum absolute atomic E-state index is 0.203. The molecule has 0 radical (unpaired) electrons. The number of nitrogens with zero attached hydrogens (tertiary/aromatic N) is 6. The van der Waals surface area contributed by atoms with E-state index >= 15 is 0 Å². The molecule has 3 aromatic heterocycles. The molecule has 0 amide bonds. The Balaban J connectivity index is 1.39. The molecule has 0 saturated heterocycles. The van der Waals surface area contributed by atoms with Crippen LogP contribution in [0.2, 0.25) is 0 Å². The summed E-state index contributed by atoms with van der Waals surface area (Å²) in [6.07, 6.45) is 7.06. The molecule has 0 fully saturated rings. The van der Waals surface area contributed by atoms with E-state index in [0.29, 0.717) is 40.1 Å². The first-order valence-corrected chi connectivity index (χ1v) is 10.7. The molecule has 0 aliphatic heterocycles. The summed E-state index contributed by atoms with van der Waals surface area (Å²) in [7, 11) is 1.48. The van der Waals surface area contributed by atoms with E-state index in [4.69, 9.17) is 15.6 Å². The summed E-state index contributed by atoms with van der Waals surface area (Å²) in [6, 6.07) is 3.07. The Morgan fingerprint density at radius 3 is 2.87 bits per heavy atom. The molecule has 5 rings (SSSR count). The molecule has 0 unspecified atom stereocenters. The molecule has 1 atom stereocenters. The highest BCUT2D eigenvalue weighted by atomic mass is 19.1. The Morgan fingerprint density at radius 1 is 1.26 bits per heavy atom. The number of ether oxygens (including phenoxy) is 1. The first-order valence-electron chi connectivity index (χ1n) is 10.7. The molecule has 8 nitrogen and oxygen atoms in total. The minimum Gasteiger partial charge on any atom is -0.494 e. The smallest absolute Gasteiger partial charge is 0.223 e. The fourth-order valence-electron chi connectivity index (χ4n) is 4.42. The highest BCUT2D eigenvalue weighted by Gasteiger charge is 2.23. The molecule has 9 heteroatoms. The van der Waals surface area contributed by atoms with E-state index in [1.807, 2.05) is 0 Å². The van der Waals surface area contributed by atoms with Crippen molar-refractivity contribution in [3.63, 3.8) is 0 Å². The van der Waals surface area contributed by atoms with E-state index in [-0.39, 0.29) is 5.95 Å². The van der Waals surface area contributed by atoms with Gasteiger partial charge in [-0.05, 0) is 57.1 Å². The number of methoxy groups -OCH3 is 1. The van der Waals surface area contributed by atoms with Crippen LogP contribution in [0, 0.1) is 11.7 Å². The van der Waals surface area contributed by atoms with Crippen molar-refractivity contribution in [3.05, 3.63) is 41.2 Å². The van der Waals surface area contributed by atoms with E-state index in [2.05, 4.69) is 39.8 Å². The summed E-state index contributed by atoms with van der Waals surface area (Å²) in [5.74, 6) is 1.37. The van der Waals surface area contributed by atoms with Crippen LogP contribution in [0.5, 0.6) is 5.75 Å². The van der Waals surface area contributed by atoms with Gasteiger partial charge in [0.2, 0.25) is 5.95 Å². The molecular formula is C22H26FN7O. The summed E-state index contributed by atoms with van der Waals surface area (Å²) >= 11 is 0. The average Bonchev–Trinajstić information content (AvgIpc) is 3.37. The van der Waals surface area contributed by atoms with Gasteiger partial charge in [-0.15, -0.1) is 5.10 Å². The van der Waals surface area contributed by atoms with Crippen molar-refractivity contribution in [1.29, 1.82) is 0 Å². The second-order valence-electron chi connectivity index (χ2n) is 8.56. The molecule has 31 heavy (non-hydrogen) atoms. The number of rotatable bonds is 5. The zero-order chi connectivity index (χ0) is 21.7. The highest BCUT2D eigenvalue weighted by molar-refractivity contribution is 5.95. The lowest BCUT2D eigenvalue weighted by atomic mass is 9.85. The maximum Gasteiger partial charge on any atom is 0.223 e. The Kier molecular flexibility index (Phi) is 4.75. The fourth-order valence-corrected chi connectivity index (χ4v) is 4.42. The Labute approximate surface area is 179 Å². The highest BCUT2D eigenvalue weighted by Crippen LogP contribution is 2.31. The second-order valence-corrected chi connectivity index (χ2v) is 8.56. The summed E-state index contributed by atoms with van der Waals surface area (Å²) < 4.78 is 22.9. The van der Waals surface area contributed by atoms with Gasteiger partial charge in [-0.1, -0.05) is 0 Å². The number of aryl methyl sites for hydroxylation is 2. The number of halogens is 1. The molecule has 162 valence electrons. The number of nitrogen functional groups attached to an aromatic ring is 1. The SMILES string of the molecule is COc1cc(F)cc2c1nc(N)n1nc(CC[C@@H]3CCc4nn(C(C)C)cc4C3)nc21. The Hall–Kier alpha value is -3.23. The molecule has 3 heterocycles. The van der Waals surface area contributed by atoms with Crippen LogP contribution in [0.4, 0.5) is 10.3 Å². The zero-order valence-corrected chi connectivity index (χ0v) is 18.0. The van der Waals surface area contributed by atoms with Crippen molar-refractivity contribution < 1.29 is 9.13 Å². The van der Waals surface area contributed by atoms with Crippen molar-refractivity contribution >= 4 is 22.5 Å². The van der Waals surface area contributed by atoms with Gasteiger partial charge in [-0.3, -0.25) is 4.68 Å². The standard InChI is InChI=1S/C22H26FN7O/c1-12(2)29-11-14-8-13(4-6-17(14)27-29)5-7-19-25-21-16-9-15(23)10-18(31-3)20(16)26-22(24)30(21)28-19/h9-13H,4-8H2,1-3H3,(H2,24,26)/t13-/m0/s1. The van der Waals surface area contributed by atoms with Crippen molar-refractivity contribution in [1.82, 2.24) is 29.4 Å². The van der Waals surface area contributed by atoms with Crippen LogP contribution >= 0.6 is 0 Å². The Morgan fingerprint density at radius 2 is 2.10 bits per heavy atom. The predicted octanol–water partition coefficient (Wildman–Crippen LogP) is 3.52. The van der Waals surface area contributed by atoms with Gasteiger partial charge in [0.25, 0.3) is 0 Å². The second kappa shape index (κ2) is 7.47. The third-order valence-electron chi connectivity index (χ3n) is 6.09. The first-order chi connectivity index (χ1) is 14.9. The zero-order valence-electron chi connectivity index (χ0n) is 18.0. The molecule has 1 aliphatic rings. The van der Waals surface area contributed by atoms with Gasteiger partial charge in [0, 0.05) is 24.7 Å². The van der Waals surface area contributed by atoms with Crippen LogP contribution in [0.3, 0.4) is 0 Å². The van der Waals surface area contributed by atoms with Crippen LogP contribution in [0.25, 0.3) is 16.6 Å². The van der Waals surface area contributed by atoms with Crippen molar-refractivity contribution in [2.75, 3.05) is 12.8 Å². The Bertz CT molecular complexity index is 1280. The van der Waals surface area contributed by atoms with E-state index < -0.39 is 5.82 Å². The third-order valence-corrected chi connectivity index (χ3v) is 6.09. The molecule has 0 saturated carbocycles. The number of aromatic nitrogens is 6. The molecule has 4 aromatic rings. The maximum atomic E-state index is 14.1. The summed E-state index contributed by atoms with van der Waals surface area (Å²) in [4.78, 5) is 9.03. The lowest BCUT2D eigenvalue weighted by Gasteiger charge is -2.20. The lowest BCUT2D eigenvalue weighted by molar-refractivity contribution is 0.415. The largest absolute Gasteiger partial charge is 0.494 e. The predicted molar refractivity (Wildman–Crippen MR) is 116 cm³/mol. The van der Waals surface area contributed by atoms with Gasteiger partial charge in [0.1, 0.15) is 17.1 Å². The third kappa shape index (κ3) is 3.47. The number of hydrogen-bond donors (Lipinski definition) is 1. The van der Waals surface area contributed by atoms with Crippen molar-refractivity contribution in [2.45, 2.75) is 52.0 Å². The molecule has 0 spiro atoms. The maximum absolute atomic E-state index is 14.1. The van der Waals surface area contributed by atoms with Crippen LogP contribution in [0.15, 0.2) is 18.3 Å². The summed E-state index contributed by atoms with van der Waals surface area (Å²) in [5, 5.41) is 9.80. The lowest BCUT2D eigenvalue weighted by Crippen LogP contribution is -2.14. The molecule has 1 aromatic carbocycles. The molecule has 0 bridgehead atoms. The van der Waals surface area contributed by atoms with Crippen molar-refractivity contribution in [2.24, 2.45) is 5.92 Å². The summed E-state index contributed by atoms with van der Waals surface area (Å²) in [5.41, 5.74) is 9.68. The minimum atomic E-state index is -0.415. The van der Waals surface area contributed by atoms with E-state index in [1.54, 1.807) is 0 Å². The van der Waals surface area contributed by atoms with Crippen molar-refractivity contribution in [3.8, 4) is 5.75 Å². The van der Waals surface area contributed by atoms with Gasteiger partial charge in [-0.2, -0.15) is 9.61 Å². The number of fused-ring (bicyclic) bond motifs is 4. The number of nitrogens with two attached hydrogens (primary N) is 1. The molecule has 1 aliphatic carbocycles. The van der Waals surface area contributed by atoms with Gasteiger partial charge >= 0.3 is 0 Å². The number of hydrogen-bond acceptors (Lipinski definition) is 6. The normalized spacial score (nSPS) is 16.4. The number of benzene rings is 1. The van der Waals surface area contributed by atoms with Crippen LogP contribution in [-0.2, 0) is 19.3 Å². The topological polar surface area (TPSA) is 96.1 Å². The van der Waals surface area contributed by atoms with Crippen LogP contribution in [-0.4, -0.2) is 36.5 Å². The fraction of sp³-hybridized carbons (Fsp3) is 0.455. The first kappa shape index (κ1) is 19.7.